The van der Waals surface area contributed by atoms with Crippen LogP contribution in [0.25, 0.3) is 10.9 Å². The number of pyridine rings is 1. The molecule has 9 heteroatoms. The monoisotopic (exact) mass is 482 g/mol. The van der Waals surface area contributed by atoms with E-state index in [2.05, 4.69) is 19.9 Å². The number of carbonyl (C=O) groups excluding carboxylic acids is 1. The van der Waals surface area contributed by atoms with Gasteiger partial charge in [-0.2, -0.15) is 0 Å². The van der Waals surface area contributed by atoms with E-state index in [0.717, 1.165) is 49.1 Å². The first-order chi connectivity index (χ1) is 16.4. The van der Waals surface area contributed by atoms with E-state index in [9.17, 15) is 13.2 Å². The SMILES string of the molecule is CC(=O)Nc1cccc(OCCN2CCC(CNS(=O)(=O)c3cnc4ccccc4c3)CC2)c1. The van der Waals surface area contributed by atoms with E-state index in [4.69, 9.17) is 4.74 Å². The van der Waals surface area contributed by atoms with Gasteiger partial charge in [-0.15, -0.1) is 0 Å². The highest BCUT2D eigenvalue weighted by atomic mass is 32.2. The molecule has 1 aliphatic heterocycles. The largest absolute Gasteiger partial charge is 0.492 e. The van der Waals surface area contributed by atoms with Crippen LogP contribution in [0.1, 0.15) is 19.8 Å². The Hall–Kier alpha value is -3.01. The number of sulfonamides is 1. The van der Waals surface area contributed by atoms with E-state index >= 15 is 0 Å². The minimum Gasteiger partial charge on any atom is -0.492 e. The lowest BCUT2D eigenvalue weighted by molar-refractivity contribution is -0.114. The zero-order valence-corrected chi connectivity index (χ0v) is 20.1. The maximum atomic E-state index is 12.7. The van der Waals surface area contributed by atoms with E-state index in [-0.39, 0.29) is 10.8 Å². The predicted molar refractivity (Wildman–Crippen MR) is 132 cm³/mol. The lowest BCUT2D eigenvalue weighted by Crippen LogP contribution is -2.40. The third kappa shape index (κ3) is 6.53. The number of aromatic nitrogens is 1. The number of fused-ring (bicyclic) bond motifs is 1. The molecule has 3 aromatic rings. The number of likely N-dealkylation sites (tertiary alicyclic amines) is 1. The van der Waals surface area contributed by atoms with Crippen molar-refractivity contribution in [2.75, 3.05) is 38.1 Å². The van der Waals surface area contributed by atoms with Gasteiger partial charge >= 0.3 is 0 Å². The average Bonchev–Trinajstić information content (AvgIpc) is 2.83. The summed E-state index contributed by atoms with van der Waals surface area (Å²) < 4.78 is 34.1. The first kappa shape index (κ1) is 24.1. The zero-order chi connectivity index (χ0) is 24.0. The minimum atomic E-state index is -3.59. The minimum absolute atomic E-state index is 0.115. The molecule has 0 aliphatic carbocycles. The van der Waals surface area contributed by atoms with Crippen molar-refractivity contribution in [1.29, 1.82) is 0 Å². The van der Waals surface area contributed by atoms with Crippen LogP contribution in [0.4, 0.5) is 5.69 Å². The van der Waals surface area contributed by atoms with Crippen molar-refractivity contribution < 1.29 is 17.9 Å². The molecule has 2 N–H and O–H groups in total. The lowest BCUT2D eigenvalue weighted by atomic mass is 9.97. The number of hydrogen-bond donors (Lipinski definition) is 2. The quantitative estimate of drug-likeness (QED) is 0.486. The van der Waals surface area contributed by atoms with Gasteiger partial charge in [-0.25, -0.2) is 13.1 Å². The van der Waals surface area contributed by atoms with Crippen LogP contribution in [0.5, 0.6) is 5.75 Å². The second-order valence-corrected chi connectivity index (χ2v) is 10.3. The van der Waals surface area contributed by atoms with Crippen molar-refractivity contribution >= 4 is 32.5 Å². The van der Waals surface area contributed by atoms with Gasteiger partial charge in [0.2, 0.25) is 15.9 Å². The number of ether oxygens (including phenoxy) is 1. The van der Waals surface area contributed by atoms with Crippen LogP contribution in [0.15, 0.2) is 65.7 Å². The summed E-state index contributed by atoms with van der Waals surface area (Å²) in [6, 6.07) is 16.5. The Kier molecular flexibility index (Phi) is 7.77. The Labute approximate surface area is 200 Å². The zero-order valence-electron chi connectivity index (χ0n) is 19.2. The number of nitrogens with one attached hydrogen (secondary N) is 2. The van der Waals surface area contributed by atoms with E-state index in [1.807, 2.05) is 48.5 Å². The third-order valence-electron chi connectivity index (χ3n) is 5.98. The van der Waals surface area contributed by atoms with Gasteiger partial charge in [0.1, 0.15) is 17.3 Å². The number of anilines is 1. The number of carbonyl (C=O) groups is 1. The van der Waals surface area contributed by atoms with Crippen molar-refractivity contribution in [1.82, 2.24) is 14.6 Å². The van der Waals surface area contributed by atoms with Gasteiger partial charge < -0.3 is 10.1 Å². The summed E-state index contributed by atoms with van der Waals surface area (Å²) in [4.78, 5) is 18.0. The van der Waals surface area contributed by atoms with Crippen molar-refractivity contribution in [2.45, 2.75) is 24.7 Å². The molecule has 4 rings (SSSR count). The molecule has 0 spiro atoms. The molecule has 2 heterocycles. The van der Waals surface area contributed by atoms with Gasteiger partial charge in [0.05, 0.1) is 5.52 Å². The molecule has 0 atom stereocenters. The average molecular weight is 483 g/mol. The fourth-order valence-corrected chi connectivity index (χ4v) is 5.18. The summed E-state index contributed by atoms with van der Waals surface area (Å²) in [6.45, 7) is 5.05. The van der Waals surface area contributed by atoms with Crippen molar-refractivity contribution in [3.05, 3.63) is 60.8 Å². The predicted octanol–water partition coefficient (Wildman–Crippen LogP) is 3.26. The standard InChI is InChI=1S/C25H30N4O4S/c1-19(30)28-22-6-4-7-23(16-22)33-14-13-29-11-9-20(10-12-29)17-27-34(31,32)24-15-21-5-2-3-8-25(21)26-18-24/h2-8,15-16,18,20,27H,9-14,17H2,1H3,(H,28,30). The highest BCUT2D eigenvalue weighted by Gasteiger charge is 2.22. The number of hydrogen-bond acceptors (Lipinski definition) is 6. The summed E-state index contributed by atoms with van der Waals surface area (Å²) in [5.41, 5.74) is 1.49. The summed E-state index contributed by atoms with van der Waals surface area (Å²) >= 11 is 0. The molecular weight excluding hydrogens is 452 g/mol. The molecule has 0 bridgehead atoms. The third-order valence-corrected chi connectivity index (χ3v) is 7.37. The van der Waals surface area contributed by atoms with Gasteiger partial charge in [-0.3, -0.25) is 14.7 Å². The molecule has 0 radical (unpaired) electrons. The topological polar surface area (TPSA) is 101 Å². The molecule has 1 aliphatic rings. The molecule has 8 nitrogen and oxygen atoms in total. The molecule has 180 valence electrons. The molecule has 34 heavy (non-hydrogen) atoms. The van der Waals surface area contributed by atoms with Crippen LogP contribution in [0.2, 0.25) is 0 Å². The van der Waals surface area contributed by atoms with Crippen LogP contribution >= 0.6 is 0 Å². The molecule has 1 amide bonds. The highest BCUT2D eigenvalue weighted by molar-refractivity contribution is 7.89. The summed E-state index contributed by atoms with van der Waals surface area (Å²) in [7, 11) is -3.59. The van der Waals surface area contributed by atoms with Gasteiger partial charge in [-0.1, -0.05) is 24.3 Å². The Morgan fingerprint density at radius 2 is 1.91 bits per heavy atom. The van der Waals surface area contributed by atoms with Crippen LogP contribution in [0.3, 0.4) is 0 Å². The Balaban J connectivity index is 1.20. The number of benzene rings is 2. The van der Waals surface area contributed by atoms with Crippen LogP contribution in [-0.2, 0) is 14.8 Å². The second-order valence-electron chi connectivity index (χ2n) is 8.56. The number of amides is 1. The molecule has 1 saturated heterocycles. The molecular formula is C25H30N4O4S. The number of nitrogens with zero attached hydrogens (tertiary/aromatic N) is 2. The van der Waals surface area contributed by atoms with E-state index < -0.39 is 10.0 Å². The first-order valence-electron chi connectivity index (χ1n) is 11.5. The normalized spacial score (nSPS) is 15.3. The van der Waals surface area contributed by atoms with E-state index in [0.29, 0.717) is 24.8 Å². The van der Waals surface area contributed by atoms with Gasteiger partial charge in [0, 0.05) is 43.4 Å². The second kappa shape index (κ2) is 10.9. The Morgan fingerprint density at radius 1 is 1.12 bits per heavy atom. The number of piperidine rings is 1. The Bertz CT molecular complexity index is 1240. The number of para-hydroxylation sites is 1. The molecule has 2 aromatic carbocycles. The molecule has 1 aromatic heterocycles. The van der Waals surface area contributed by atoms with Crippen LogP contribution < -0.4 is 14.8 Å². The molecule has 0 saturated carbocycles. The summed E-state index contributed by atoms with van der Waals surface area (Å²) in [5.74, 6) is 0.907. The Morgan fingerprint density at radius 3 is 2.71 bits per heavy atom. The van der Waals surface area contributed by atoms with Gasteiger partial charge in [0.25, 0.3) is 0 Å². The fourth-order valence-electron chi connectivity index (χ4n) is 4.08. The highest BCUT2D eigenvalue weighted by Crippen LogP contribution is 2.20. The van der Waals surface area contributed by atoms with Crippen molar-refractivity contribution in [3.8, 4) is 5.75 Å². The summed E-state index contributed by atoms with van der Waals surface area (Å²) in [6.07, 6.45) is 3.27. The van der Waals surface area contributed by atoms with Crippen molar-refractivity contribution in [3.63, 3.8) is 0 Å². The smallest absolute Gasteiger partial charge is 0.242 e. The van der Waals surface area contributed by atoms with Crippen LogP contribution in [-0.4, -0.2) is 57.0 Å². The van der Waals surface area contributed by atoms with Gasteiger partial charge in [0.15, 0.2) is 0 Å². The fraction of sp³-hybridized carbons (Fsp3) is 0.360. The lowest BCUT2D eigenvalue weighted by Gasteiger charge is -2.31. The first-order valence-corrected chi connectivity index (χ1v) is 12.9. The summed E-state index contributed by atoms with van der Waals surface area (Å²) in [5, 5.41) is 3.56. The van der Waals surface area contributed by atoms with Gasteiger partial charge in [-0.05, 0) is 56.1 Å². The maximum Gasteiger partial charge on any atom is 0.242 e. The van der Waals surface area contributed by atoms with Crippen LogP contribution in [0, 0.1) is 5.92 Å². The molecule has 0 unspecified atom stereocenters. The maximum absolute atomic E-state index is 12.7. The van der Waals surface area contributed by atoms with Crippen molar-refractivity contribution in [2.24, 2.45) is 5.92 Å². The van der Waals surface area contributed by atoms with E-state index in [1.165, 1.54) is 13.1 Å². The molecule has 1 fully saturated rings. The van der Waals surface area contributed by atoms with E-state index in [1.54, 1.807) is 6.07 Å². The number of rotatable bonds is 9.